The number of amides is 1. The Bertz CT molecular complexity index is 741. The second-order valence-corrected chi connectivity index (χ2v) is 10.6. The van der Waals surface area contributed by atoms with Crippen molar-refractivity contribution in [3.63, 3.8) is 0 Å². The fraction of sp³-hybridized carbons (Fsp3) is 0.682. The SMILES string of the molecule is CCN(CC)C(=O)CN(C1CCCCC1)S(=O)(=O)c1ccc(C(C)(C)C)cc1. The highest BCUT2D eigenvalue weighted by Crippen LogP contribution is 2.29. The van der Waals surface area contributed by atoms with Crippen LogP contribution in [-0.4, -0.2) is 49.2 Å². The van der Waals surface area contributed by atoms with Crippen molar-refractivity contribution in [3.05, 3.63) is 29.8 Å². The summed E-state index contributed by atoms with van der Waals surface area (Å²) in [6.07, 6.45) is 4.81. The first-order valence-electron chi connectivity index (χ1n) is 10.5. The molecule has 6 heteroatoms. The van der Waals surface area contributed by atoms with Crippen LogP contribution < -0.4 is 0 Å². The minimum atomic E-state index is -3.72. The third-order valence-electron chi connectivity index (χ3n) is 5.72. The van der Waals surface area contributed by atoms with Gasteiger partial charge in [-0.1, -0.05) is 52.2 Å². The molecule has 0 aliphatic heterocycles. The summed E-state index contributed by atoms with van der Waals surface area (Å²) >= 11 is 0. The molecule has 0 atom stereocenters. The lowest BCUT2D eigenvalue weighted by atomic mass is 9.87. The highest BCUT2D eigenvalue weighted by molar-refractivity contribution is 7.89. The van der Waals surface area contributed by atoms with Crippen molar-refractivity contribution in [2.24, 2.45) is 0 Å². The third-order valence-corrected chi connectivity index (χ3v) is 7.63. The molecule has 1 aliphatic rings. The highest BCUT2D eigenvalue weighted by Gasteiger charge is 2.34. The summed E-state index contributed by atoms with van der Waals surface area (Å²) in [6, 6.07) is 7.05. The molecular weight excluding hydrogens is 372 g/mol. The summed E-state index contributed by atoms with van der Waals surface area (Å²) in [7, 11) is -3.72. The van der Waals surface area contributed by atoms with Gasteiger partial charge in [0.1, 0.15) is 0 Å². The maximum Gasteiger partial charge on any atom is 0.243 e. The van der Waals surface area contributed by atoms with Crippen molar-refractivity contribution >= 4 is 15.9 Å². The van der Waals surface area contributed by atoms with Crippen molar-refractivity contribution in [2.75, 3.05) is 19.6 Å². The van der Waals surface area contributed by atoms with Crippen molar-refractivity contribution in [3.8, 4) is 0 Å². The van der Waals surface area contributed by atoms with Crippen LogP contribution in [0.4, 0.5) is 0 Å². The summed E-state index contributed by atoms with van der Waals surface area (Å²) < 4.78 is 28.4. The molecular formula is C22H36N2O3S. The van der Waals surface area contributed by atoms with E-state index in [4.69, 9.17) is 0 Å². The van der Waals surface area contributed by atoms with Crippen LogP contribution in [0.2, 0.25) is 0 Å². The van der Waals surface area contributed by atoms with Crippen LogP contribution in [0, 0.1) is 0 Å². The maximum atomic E-state index is 13.5. The molecule has 1 saturated carbocycles. The van der Waals surface area contributed by atoms with Gasteiger partial charge in [-0.2, -0.15) is 4.31 Å². The van der Waals surface area contributed by atoms with E-state index in [1.165, 1.54) is 4.31 Å². The van der Waals surface area contributed by atoms with E-state index in [0.29, 0.717) is 13.1 Å². The molecule has 1 fully saturated rings. The van der Waals surface area contributed by atoms with Crippen molar-refractivity contribution in [1.29, 1.82) is 0 Å². The molecule has 1 aromatic rings. The van der Waals surface area contributed by atoms with Crippen LogP contribution in [0.3, 0.4) is 0 Å². The Hall–Kier alpha value is -1.40. The van der Waals surface area contributed by atoms with E-state index in [1.807, 2.05) is 26.0 Å². The second-order valence-electron chi connectivity index (χ2n) is 8.68. The average molecular weight is 409 g/mol. The van der Waals surface area contributed by atoms with E-state index in [2.05, 4.69) is 20.8 Å². The van der Waals surface area contributed by atoms with E-state index in [1.54, 1.807) is 17.0 Å². The fourth-order valence-electron chi connectivity index (χ4n) is 3.85. The predicted molar refractivity (Wildman–Crippen MR) is 114 cm³/mol. The standard InChI is InChI=1S/C22H36N2O3S/c1-6-23(7-2)21(25)17-24(19-11-9-8-10-12-19)28(26,27)20-15-13-18(14-16-20)22(3,4)5/h13-16,19H,6-12,17H2,1-5H3. The topological polar surface area (TPSA) is 57.7 Å². The number of benzene rings is 1. The van der Waals surface area contributed by atoms with Gasteiger partial charge >= 0.3 is 0 Å². The zero-order valence-electron chi connectivity index (χ0n) is 18.1. The number of carbonyl (C=O) groups is 1. The number of carbonyl (C=O) groups excluding carboxylic acids is 1. The van der Waals surface area contributed by atoms with E-state index >= 15 is 0 Å². The molecule has 0 spiro atoms. The lowest BCUT2D eigenvalue weighted by Gasteiger charge is -2.34. The molecule has 1 aromatic carbocycles. The number of nitrogens with zero attached hydrogens (tertiary/aromatic N) is 2. The van der Waals surface area contributed by atoms with Crippen LogP contribution in [0.25, 0.3) is 0 Å². The average Bonchev–Trinajstić information content (AvgIpc) is 2.67. The first-order chi connectivity index (χ1) is 13.1. The first kappa shape index (κ1) is 22.9. The minimum Gasteiger partial charge on any atom is -0.342 e. The molecule has 158 valence electrons. The lowest BCUT2D eigenvalue weighted by Crippen LogP contribution is -2.48. The summed E-state index contributed by atoms with van der Waals surface area (Å²) in [5, 5.41) is 0. The predicted octanol–water partition coefficient (Wildman–Crippen LogP) is 4.18. The third kappa shape index (κ3) is 5.35. The Kier molecular flexibility index (Phi) is 7.68. The van der Waals surface area contributed by atoms with Gasteiger partial charge in [-0.25, -0.2) is 8.42 Å². The molecule has 1 amide bonds. The van der Waals surface area contributed by atoms with Crippen molar-refractivity contribution < 1.29 is 13.2 Å². The van der Waals surface area contributed by atoms with Gasteiger partial charge in [0, 0.05) is 19.1 Å². The Morgan fingerprint density at radius 3 is 2.00 bits per heavy atom. The Labute approximate surface area is 171 Å². The minimum absolute atomic E-state index is 0.0376. The summed E-state index contributed by atoms with van der Waals surface area (Å²) in [4.78, 5) is 14.7. The van der Waals surface area contributed by atoms with E-state index in [9.17, 15) is 13.2 Å². The molecule has 0 N–H and O–H groups in total. The van der Waals surface area contributed by atoms with Gasteiger partial charge in [0.25, 0.3) is 0 Å². The van der Waals surface area contributed by atoms with Crippen molar-refractivity contribution in [1.82, 2.24) is 9.21 Å². The summed E-state index contributed by atoms with van der Waals surface area (Å²) in [5.74, 6) is -0.120. The molecule has 0 bridgehead atoms. The summed E-state index contributed by atoms with van der Waals surface area (Å²) in [5.41, 5.74) is 1.05. The van der Waals surface area contributed by atoms with E-state index < -0.39 is 10.0 Å². The number of rotatable bonds is 7. The van der Waals surface area contributed by atoms with Crippen LogP contribution >= 0.6 is 0 Å². The Balaban J connectivity index is 2.35. The molecule has 0 saturated heterocycles. The molecule has 1 aliphatic carbocycles. The first-order valence-corrected chi connectivity index (χ1v) is 12.0. The van der Waals surface area contributed by atoms with Crippen molar-refractivity contribution in [2.45, 2.75) is 83.1 Å². The molecule has 0 heterocycles. The summed E-state index contributed by atoms with van der Waals surface area (Å²) in [6.45, 7) is 11.3. The number of hydrogen-bond donors (Lipinski definition) is 0. The molecule has 28 heavy (non-hydrogen) atoms. The second kappa shape index (κ2) is 9.40. The normalized spacial score (nSPS) is 16.4. The van der Waals surface area contributed by atoms with Gasteiger partial charge in [0.2, 0.25) is 15.9 Å². The molecule has 5 nitrogen and oxygen atoms in total. The Morgan fingerprint density at radius 1 is 1.00 bits per heavy atom. The quantitative estimate of drug-likeness (QED) is 0.680. The number of likely N-dealkylation sites (N-methyl/N-ethyl adjacent to an activating group) is 1. The maximum absolute atomic E-state index is 13.5. The van der Waals surface area contributed by atoms with Crippen LogP contribution in [-0.2, 0) is 20.2 Å². The zero-order chi connectivity index (χ0) is 20.9. The monoisotopic (exact) mass is 408 g/mol. The van der Waals surface area contributed by atoms with Gasteiger partial charge in [-0.05, 0) is 49.8 Å². The largest absolute Gasteiger partial charge is 0.342 e. The molecule has 0 aromatic heterocycles. The van der Waals surface area contributed by atoms with E-state index in [-0.39, 0.29) is 28.8 Å². The fourth-order valence-corrected chi connectivity index (χ4v) is 5.49. The Morgan fingerprint density at radius 2 is 1.54 bits per heavy atom. The smallest absolute Gasteiger partial charge is 0.243 e. The van der Waals surface area contributed by atoms with E-state index in [0.717, 1.165) is 37.7 Å². The zero-order valence-corrected chi connectivity index (χ0v) is 18.9. The molecule has 0 radical (unpaired) electrons. The van der Waals surface area contributed by atoms with Crippen LogP contribution in [0.1, 0.15) is 72.3 Å². The lowest BCUT2D eigenvalue weighted by molar-refractivity contribution is -0.131. The highest BCUT2D eigenvalue weighted by atomic mass is 32.2. The van der Waals surface area contributed by atoms with Crippen LogP contribution in [0.5, 0.6) is 0 Å². The number of sulfonamides is 1. The van der Waals surface area contributed by atoms with Gasteiger partial charge in [0.15, 0.2) is 0 Å². The van der Waals surface area contributed by atoms with Gasteiger partial charge in [-0.15, -0.1) is 0 Å². The molecule has 2 rings (SSSR count). The molecule has 0 unspecified atom stereocenters. The van der Waals surface area contributed by atoms with Gasteiger partial charge < -0.3 is 4.90 Å². The van der Waals surface area contributed by atoms with Gasteiger partial charge in [0.05, 0.1) is 11.4 Å². The number of hydrogen-bond acceptors (Lipinski definition) is 3. The van der Waals surface area contributed by atoms with Crippen LogP contribution in [0.15, 0.2) is 29.2 Å². The van der Waals surface area contributed by atoms with Gasteiger partial charge in [-0.3, -0.25) is 4.79 Å².